The third kappa shape index (κ3) is 5.04. The van der Waals surface area contributed by atoms with E-state index in [0.29, 0.717) is 33.9 Å². The van der Waals surface area contributed by atoms with Crippen LogP contribution in [-0.2, 0) is 11.3 Å². The molecule has 1 amide bonds. The lowest BCUT2D eigenvalue weighted by molar-refractivity contribution is -0.122. The van der Waals surface area contributed by atoms with Crippen LogP contribution < -0.4 is 14.2 Å². The molecule has 3 aromatic carbocycles. The zero-order valence-corrected chi connectivity index (χ0v) is 19.5. The molecule has 0 radical (unpaired) electrons. The van der Waals surface area contributed by atoms with Gasteiger partial charge in [0.1, 0.15) is 0 Å². The van der Waals surface area contributed by atoms with Crippen molar-refractivity contribution >= 4 is 34.6 Å². The van der Waals surface area contributed by atoms with Crippen LogP contribution in [0.25, 0.3) is 6.08 Å². The minimum Gasteiger partial charge on any atom is -0.493 e. The summed E-state index contributed by atoms with van der Waals surface area (Å²) in [6.45, 7) is 0.435. The van der Waals surface area contributed by atoms with Gasteiger partial charge in [-0.05, 0) is 53.2 Å². The summed E-state index contributed by atoms with van der Waals surface area (Å²) in [7, 11) is 4.69. The zero-order chi connectivity index (χ0) is 23.2. The molecular formula is C26H24N2O4S. The maximum Gasteiger partial charge on any atom is 0.267 e. The number of thioether (sulfide) groups is 1. The van der Waals surface area contributed by atoms with Crippen LogP contribution in [0, 0.1) is 0 Å². The predicted molar refractivity (Wildman–Crippen MR) is 132 cm³/mol. The molecular weight excluding hydrogens is 436 g/mol. The van der Waals surface area contributed by atoms with E-state index < -0.39 is 0 Å². The van der Waals surface area contributed by atoms with E-state index in [0.717, 1.165) is 16.8 Å². The lowest BCUT2D eigenvalue weighted by atomic mass is 10.1. The number of carbonyl (C=O) groups excluding carboxylic acids is 1. The lowest BCUT2D eigenvalue weighted by Crippen LogP contribution is -2.28. The Morgan fingerprint density at radius 1 is 0.879 bits per heavy atom. The van der Waals surface area contributed by atoms with Gasteiger partial charge in [0.05, 0.1) is 38.5 Å². The van der Waals surface area contributed by atoms with Gasteiger partial charge < -0.3 is 14.2 Å². The molecule has 0 atom stereocenters. The molecule has 0 bridgehead atoms. The molecule has 3 aromatic rings. The maximum absolute atomic E-state index is 13.4. The average molecular weight is 461 g/mol. The van der Waals surface area contributed by atoms with E-state index in [1.165, 1.54) is 11.8 Å². The highest BCUT2D eigenvalue weighted by atomic mass is 32.2. The van der Waals surface area contributed by atoms with Crippen LogP contribution >= 0.6 is 11.8 Å². The summed E-state index contributed by atoms with van der Waals surface area (Å²) in [4.78, 5) is 20.4. The van der Waals surface area contributed by atoms with Gasteiger partial charge in [-0.3, -0.25) is 9.69 Å². The third-order valence-electron chi connectivity index (χ3n) is 5.04. The van der Waals surface area contributed by atoms with Crippen LogP contribution in [-0.4, -0.2) is 37.3 Å². The van der Waals surface area contributed by atoms with Crippen LogP contribution in [0.5, 0.6) is 17.2 Å². The van der Waals surface area contributed by atoms with Crippen molar-refractivity contribution in [1.82, 2.24) is 4.90 Å². The van der Waals surface area contributed by atoms with E-state index in [9.17, 15) is 4.79 Å². The quantitative estimate of drug-likeness (QED) is 0.435. The summed E-state index contributed by atoms with van der Waals surface area (Å²) < 4.78 is 16.3. The fraction of sp³-hybridized carbons (Fsp3) is 0.154. The Bertz CT molecular complexity index is 1170. The number of rotatable bonds is 7. The van der Waals surface area contributed by atoms with Crippen molar-refractivity contribution in [3.05, 3.63) is 88.8 Å². The van der Waals surface area contributed by atoms with Crippen molar-refractivity contribution in [1.29, 1.82) is 0 Å². The maximum atomic E-state index is 13.4. The summed E-state index contributed by atoms with van der Waals surface area (Å²) >= 11 is 1.35. The average Bonchev–Trinajstić information content (AvgIpc) is 3.13. The number of methoxy groups -OCH3 is 3. The number of benzene rings is 3. The Hall–Kier alpha value is -3.71. The Labute approximate surface area is 197 Å². The largest absolute Gasteiger partial charge is 0.493 e. The highest BCUT2D eigenvalue weighted by molar-refractivity contribution is 8.18. The first-order valence-corrected chi connectivity index (χ1v) is 11.1. The first kappa shape index (κ1) is 22.5. The van der Waals surface area contributed by atoms with Crippen molar-refractivity contribution in [3.63, 3.8) is 0 Å². The Kier molecular flexibility index (Phi) is 7.00. The van der Waals surface area contributed by atoms with Crippen LogP contribution in [0.2, 0.25) is 0 Å². The molecule has 0 saturated carbocycles. The zero-order valence-electron chi connectivity index (χ0n) is 18.6. The van der Waals surface area contributed by atoms with Crippen molar-refractivity contribution in [2.75, 3.05) is 21.3 Å². The number of hydrogen-bond donors (Lipinski definition) is 0. The summed E-state index contributed by atoms with van der Waals surface area (Å²) in [5, 5.41) is 0.633. The van der Waals surface area contributed by atoms with Gasteiger partial charge in [0, 0.05) is 0 Å². The van der Waals surface area contributed by atoms with Crippen LogP contribution in [0.1, 0.15) is 11.1 Å². The Balaban J connectivity index is 1.73. The number of para-hydroxylation sites is 1. The number of ether oxygens (including phenoxy) is 3. The molecule has 1 fully saturated rings. The molecule has 0 unspecified atom stereocenters. The Morgan fingerprint density at radius 3 is 2.06 bits per heavy atom. The minimum absolute atomic E-state index is 0.104. The summed E-state index contributed by atoms with van der Waals surface area (Å²) in [6.07, 6.45) is 1.82. The number of aliphatic imine (C=N–C) groups is 1. The molecule has 0 aromatic heterocycles. The molecule has 1 saturated heterocycles. The molecule has 7 heteroatoms. The summed E-state index contributed by atoms with van der Waals surface area (Å²) in [5.41, 5.74) is 2.59. The van der Waals surface area contributed by atoms with Crippen molar-refractivity contribution in [2.24, 2.45) is 4.99 Å². The second-order valence-corrected chi connectivity index (χ2v) is 8.19. The minimum atomic E-state index is -0.104. The smallest absolute Gasteiger partial charge is 0.267 e. The molecule has 1 aliphatic heterocycles. The monoisotopic (exact) mass is 460 g/mol. The first-order valence-electron chi connectivity index (χ1n) is 10.3. The second kappa shape index (κ2) is 10.3. The van der Waals surface area contributed by atoms with Crippen molar-refractivity contribution in [3.8, 4) is 17.2 Å². The van der Waals surface area contributed by atoms with Gasteiger partial charge in [0.2, 0.25) is 5.75 Å². The van der Waals surface area contributed by atoms with Gasteiger partial charge in [-0.15, -0.1) is 0 Å². The van der Waals surface area contributed by atoms with Crippen molar-refractivity contribution in [2.45, 2.75) is 6.54 Å². The molecule has 168 valence electrons. The molecule has 1 heterocycles. The van der Waals surface area contributed by atoms with E-state index in [4.69, 9.17) is 19.2 Å². The number of amidine groups is 1. The predicted octanol–water partition coefficient (Wildman–Crippen LogP) is 5.52. The second-order valence-electron chi connectivity index (χ2n) is 7.18. The molecule has 0 N–H and O–H groups in total. The van der Waals surface area contributed by atoms with Crippen LogP contribution in [0.4, 0.5) is 5.69 Å². The van der Waals surface area contributed by atoms with Gasteiger partial charge in [-0.25, -0.2) is 4.99 Å². The highest BCUT2D eigenvalue weighted by Gasteiger charge is 2.33. The SMILES string of the molecule is COc1cc(/C=C2/SC(=Nc3ccccc3)N(Cc3ccccc3)C2=O)cc(OC)c1OC. The molecule has 33 heavy (non-hydrogen) atoms. The number of amides is 1. The van der Waals surface area contributed by atoms with E-state index in [-0.39, 0.29) is 5.91 Å². The normalized spacial score (nSPS) is 15.8. The van der Waals surface area contributed by atoms with Crippen LogP contribution in [0.15, 0.2) is 82.7 Å². The van der Waals surface area contributed by atoms with Gasteiger partial charge in [-0.2, -0.15) is 0 Å². The van der Waals surface area contributed by atoms with Gasteiger partial charge >= 0.3 is 0 Å². The number of hydrogen-bond acceptors (Lipinski definition) is 6. The van der Waals surface area contributed by atoms with Gasteiger partial charge in [-0.1, -0.05) is 48.5 Å². The third-order valence-corrected chi connectivity index (χ3v) is 6.04. The van der Waals surface area contributed by atoms with Crippen LogP contribution in [0.3, 0.4) is 0 Å². The summed E-state index contributed by atoms with van der Waals surface area (Å²) in [6, 6.07) is 23.1. The highest BCUT2D eigenvalue weighted by Crippen LogP contribution is 2.40. The first-order chi connectivity index (χ1) is 16.1. The fourth-order valence-corrected chi connectivity index (χ4v) is 4.44. The van der Waals surface area contributed by atoms with Gasteiger partial charge in [0.25, 0.3) is 5.91 Å². The standard InChI is InChI=1S/C26H24N2O4S/c1-30-21-14-19(15-22(31-2)24(21)32-3)16-23-25(29)28(17-18-10-6-4-7-11-18)26(33-23)27-20-12-8-5-9-13-20/h4-16H,17H2,1-3H3/b23-16+,27-26?. The molecule has 0 aliphatic carbocycles. The fourth-order valence-electron chi connectivity index (χ4n) is 3.45. The molecule has 0 spiro atoms. The number of carbonyl (C=O) groups is 1. The van der Waals surface area contributed by atoms with E-state index in [1.54, 1.807) is 26.2 Å². The summed E-state index contributed by atoms with van der Waals surface area (Å²) in [5.74, 6) is 1.45. The van der Waals surface area contributed by atoms with E-state index >= 15 is 0 Å². The lowest BCUT2D eigenvalue weighted by Gasteiger charge is -2.15. The topological polar surface area (TPSA) is 60.4 Å². The van der Waals surface area contributed by atoms with Crippen molar-refractivity contribution < 1.29 is 19.0 Å². The molecule has 6 nitrogen and oxygen atoms in total. The number of nitrogens with zero attached hydrogens (tertiary/aromatic N) is 2. The molecule has 4 rings (SSSR count). The van der Waals surface area contributed by atoms with Gasteiger partial charge in [0.15, 0.2) is 16.7 Å². The molecule has 1 aliphatic rings. The van der Waals surface area contributed by atoms with E-state index in [1.807, 2.05) is 78.9 Å². The Morgan fingerprint density at radius 2 is 1.48 bits per heavy atom. The van der Waals surface area contributed by atoms with E-state index in [2.05, 4.69) is 0 Å².